The standard InChI is InChI=1S/C15H10F7N3O2/c16-9-4-7(3-8(5-9)14(17,18)19)6-24-1-2-25-12(24)10(13(26)27)11(23-25)15(20,21)22/h3-5H,1-2,6H2,(H,26,27). The van der Waals surface area contributed by atoms with Crippen LogP contribution in [0, 0.1) is 5.82 Å². The Kier molecular flexibility index (Phi) is 4.31. The fourth-order valence-corrected chi connectivity index (χ4v) is 2.93. The number of alkyl halides is 6. The molecule has 0 aliphatic carbocycles. The molecule has 0 spiro atoms. The molecule has 27 heavy (non-hydrogen) atoms. The van der Waals surface area contributed by atoms with E-state index in [4.69, 9.17) is 0 Å². The number of rotatable bonds is 3. The van der Waals surface area contributed by atoms with Crippen LogP contribution < -0.4 is 4.90 Å². The number of halogens is 7. The Morgan fingerprint density at radius 2 is 1.74 bits per heavy atom. The van der Waals surface area contributed by atoms with Gasteiger partial charge in [0.25, 0.3) is 0 Å². The second kappa shape index (κ2) is 6.13. The van der Waals surface area contributed by atoms with E-state index in [9.17, 15) is 40.6 Å². The molecule has 0 amide bonds. The molecule has 2 heterocycles. The zero-order valence-corrected chi connectivity index (χ0v) is 13.2. The fourth-order valence-electron chi connectivity index (χ4n) is 2.93. The summed E-state index contributed by atoms with van der Waals surface area (Å²) < 4.78 is 91.8. The molecule has 0 saturated heterocycles. The van der Waals surface area contributed by atoms with Crippen LogP contribution in [-0.4, -0.2) is 27.4 Å². The summed E-state index contributed by atoms with van der Waals surface area (Å²) in [7, 11) is 0. The minimum absolute atomic E-state index is 0.0125. The molecule has 5 nitrogen and oxygen atoms in total. The van der Waals surface area contributed by atoms with E-state index in [-0.39, 0.29) is 24.5 Å². The first-order valence-electron chi connectivity index (χ1n) is 7.41. The van der Waals surface area contributed by atoms with E-state index >= 15 is 0 Å². The van der Waals surface area contributed by atoms with Gasteiger partial charge in [0.15, 0.2) is 5.69 Å². The molecule has 1 aromatic heterocycles. The highest BCUT2D eigenvalue weighted by Crippen LogP contribution is 2.39. The zero-order chi connectivity index (χ0) is 20.1. The van der Waals surface area contributed by atoms with Crippen LogP contribution in [0.4, 0.5) is 36.6 Å². The maximum absolute atomic E-state index is 13.5. The third kappa shape index (κ3) is 3.55. The molecular weight excluding hydrogens is 387 g/mol. The molecule has 1 N–H and O–H groups in total. The van der Waals surface area contributed by atoms with Crippen molar-refractivity contribution in [2.75, 3.05) is 11.4 Å². The molecule has 146 valence electrons. The van der Waals surface area contributed by atoms with Crippen molar-refractivity contribution in [2.45, 2.75) is 25.4 Å². The Bertz CT molecular complexity index is 902. The van der Waals surface area contributed by atoms with E-state index in [1.54, 1.807) is 0 Å². The predicted octanol–water partition coefficient (Wildman–Crippen LogP) is 3.78. The number of hydrogen-bond donors (Lipinski definition) is 1. The first kappa shape index (κ1) is 19.0. The van der Waals surface area contributed by atoms with E-state index in [2.05, 4.69) is 5.10 Å². The van der Waals surface area contributed by atoms with Gasteiger partial charge in [-0.1, -0.05) is 0 Å². The van der Waals surface area contributed by atoms with E-state index < -0.39 is 47.5 Å². The van der Waals surface area contributed by atoms with Crippen LogP contribution in [0.2, 0.25) is 0 Å². The van der Waals surface area contributed by atoms with Gasteiger partial charge < -0.3 is 10.0 Å². The molecule has 0 radical (unpaired) electrons. The number of aromatic nitrogens is 2. The lowest BCUT2D eigenvalue weighted by Crippen LogP contribution is -2.23. The number of aromatic carboxylic acids is 1. The van der Waals surface area contributed by atoms with Crippen LogP contribution in [-0.2, 0) is 25.4 Å². The number of carboxylic acid groups (broad SMARTS) is 1. The summed E-state index contributed by atoms with van der Waals surface area (Å²) in [4.78, 5) is 12.5. The molecule has 0 atom stereocenters. The Morgan fingerprint density at radius 1 is 1.07 bits per heavy atom. The topological polar surface area (TPSA) is 58.4 Å². The summed E-state index contributed by atoms with van der Waals surface area (Å²) in [5.41, 5.74) is -4.10. The van der Waals surface area contributed by atoms with Crippen LogP contribution >= 0.6 is 0 Å². The maximum Gasteiger partial charge on any atom is 0.436 e. The summed E-state index contributed by atoms with van der Waals surface area (Å²) in [6.07, 6.45) is -9.82. The highest BCUT2D eigenvalue weighted by atomic mass is 19.4. The molecule has 0 bridgehead atoms. The van der Waals surface area contributed by atoms with E-state index in [0.29, 0.717) is 12.1 Å². The van der Waals surface area contributed by atoms with E-state index in [1.165, 1.54) is 0 Å². The highest BCUT2D eigenvalue weighted by molar-refractivity contribution is 5.95. The zero-order valence-electron chi connectivity index (χ0n) is 13.2. The lowest BCUT2D eigenvalue weighted by atomic mass is 10.1. The Balaban J connectivity index is 2.01. The predicted molar refractivity (Wildman–Crippen MR) is 76.6 cm³/mol. The summed E-state index contributed by atoms with van der Waals surface area (Å²) in [6, 6.07) is 1.76. The third-order valence-corrected chi connectivity index (χ3v) is 3.95. The molecule has 0 saturated carbocycles. The molecule has 2 aromatic rings. The van der Waals surface area contributed by atoms with Gasteiger partial charge in [0.1, 0.15) is 17.2 Å². The average molecular weight is 397 g/mol. The van der Waals surface area contributed by atoms with Crippen molar-refractivity contribution < 1.29 is 40.6 Å². The van der Waals surface area contributed by atoms with Crippen molar-refractivity contribution in [3.8, 4) is 0 Å². The van der Waals surface area contributed by atoms with Gasteiger partial charge >= 0.3 is 18.3 Å². The molecule has 12 heteroatoms. The van der Waals surface area contributed by atoms with Gasteiger partial charge in [-0.15, -0.1) is 0 Å². The number of hydrogen-bond acceptors (Lipinski definition) is 3. The smallest absolute Gasteiger partial charge is 0.436 e. The van der Waals surface area contributed by atoms with Crippen molar-refractivity contribution in [2.24, 2.45) is 0 Å². The minimum Gasteiger partial charge on any atom is -0.477 e. The highest BCUT2D eigenvalue weighted by Gasteiger charge is 2.44. The summed E-state index contributed by atoms with van der Waals surface area (Å²) in [6.45, 7) is -0.490. The molecule has 0 fully saturated rings. The summed E-state index contributed by atoms with van der Waals surface area (Å²) in [5, 5.41) is 12.4. The first-order valence-corrected chi connectivity index (χ1v) is 7.41. The number of nitrogens with zero attached hydrogens (tertiary/aromatic N) is 3. The molecule has 3 rings (SSSR count). The average Bonchev–Trinajstić information content (AvgIpc) is 3.05. The van der Waals surface area contributed by atoms with Gasteiger partial charge in [0, 0.05) is 13.1 Å². The maximum atomic E-state index is 13.5. The number of carbonyl (C=O) groups is 1. The molecular formula is C15H10F7N3O2. The van der Waals surface area contributed by atoms with Crippen LogP contribution in [0.5, 0.6) is 0 Å². The number of benzene rings is 1. The largest absolute Gasteiger partial charge is 0.477 e. The number of fused-ring (bicyclic) bond motifs is 1. The second-order valence-corrected chi connectivity index (χ2v) is 5.84. The van der Waals surface area contributed by atoms with E-state index in [1.807, 2.05) is 0 Å². The summed E-state index contributed by atoms with van der Waals surface area (Å²) in [5.74, 6) is -3.42. The quantitative estimate of drug-likeness (QED) is 0.801. The molecule has 0 unspecified atom stereocenters. The van der Waals surface area contributed by atoms with Crippen LogP contribution in [0.1, 0.15) is 27.2 Å². The van der Waals surface area contributed by atoms with Gasteiger partial charge in [-0.3, -0.25) is 0 Å². The van der Waals surface area contributed by atoms with Crippen LogP contribution in [0.25, 0.3) is 0 Å². The summed E-state index contributed by atoms with van der Waals surface area (Å²) >= 11 is 0. The Labute approximate surface area is 146 Å². The van der Waals surface area contributed by atoms with Crippen molar-refractivity contribution in [3.05, 3.63) is 46.4 Å². The minimum atomic E-state index is -5.01. The van der Waals surface area contributed by atoms with Crippen LogP contribution in [0.15, 0.2) is 18.2 Å². The normalized spacial score (nSPS) is 14.6. The Morgan fingerprint density at radius 3 is 2.30 bits per heavy atom. The third-order valence-electron chi connectivity index (χ3n) is 3.95. The SMILES string of the molecule is O=C(O)c1c(C(F)(F)F)nn2c1N(Cc1cc(F)cc(C(F)(F)F)c1)CC2. The lowest BCUT2D eigenvalue weighted by molar-refractivity contribution is -0.142. The number of carboxylic acids is 1. The van der Waals surface area contributed by atoms with E-state index in [0.717, 1.165) is 15.6 Å². The van der Waals surface area contributed by atoms with Crippen LogP contribution in [0.3, 0.4) is 0 Å². The lowest BCUT2D eigenvalue weighted by Gasteiger charge is -2.19. The molecule has 1 aromatic carbocycles. The van der Waals surface area contributed by atoms with Gasteiger partial charge in [0.2, 0.25) is 0 Å². The van der Waals surface area contributed by atoms with Crippen molar-refractivity contribution >= 4 is 11.8 Å². The van der Waals surface area contributed by atoms with Crippen molar-refractivity contribution in [1.82, 2.24) is 9.78 Å². The van der Waals surface area contributed by atoms with Crippen molar-refractivity contribution in [1.29, 1.82) is 0 Å². The van der Waals surface area contributed by atoms with Gasteiger partial charge in [-0.25, -0.2) is 13.9 Å². The van der Waals surface area contributed by atoms with Crippen molar-refractivity contribution in [3.63, 3.8) is 0 Å². The fraction of sp³-hybridized carbons (Fsp3) is 0.333. The van der Waals surface area contributed by atoms with Gasteiger partial charge in [0.05, 0.1) is 12.1 Å². The second-order valence-electron chi connectivity index (χ2n) is 5.84. The number of anilines is 1. The molecule has 1 aliphatic rings. The van der Waals surface area contributed by atoms with Gasteiger partial charge in [-0.2, -0.15) is 31.4 Å². The monoisotopic (exact) mass is 397 g/mol. The Hall–Kier alpha value is -2.79. The molecule has 1 aliphatic heterocycles. The first-order chi connectivity index (χ1) is 12.4. The van der Waals surface area contributed by atoms with Gasteiger partial charge in [-0.05, 0) is 23.8 Å².